The van der Waals surface area contributed by atoms with E-state index in [1.54, 1.807) is 0 Å². The third-order valence-corrected chi connectivity index (χ3v) is 2.68. The molecule has 5 nitrogen and oxygen atoms in total. The molecule has 0 aliphatic heterocycles. The Labute approximate surface area is 118 Å². The molecular weight excluding hydrogens is 285 g/mol. The second-order valence-electron chi connectivity index (χ2n) is 4.17. The Morgan fingerprint density at radius 1 is 1.14 bits per heavy atom. The van der Waals surface area contributed by atoms with Gasteiger partial charge in [0.25, 0.3) is 5.91 Å². The predicted octanol–water partition coefficient (Wildman–Crippen LogP) is 2.01. The number of nitrogens with two attached hydrogens (primary N) is 1. The second-order valence-corrected chi connectivity index (χ2v) is 4.17. The zero-order valence-corrected chi connectivity index (χ0v) is 10.7. The molecule has 1 aromatic carbocycles. The maximum Gasteiger partial charge on any atom is 0.416 e. The van der Waals surface area contributed by atoms with Crippen LogP contribution in [-0.4, -0.2) is 15.9 Å². The summed E-state index contributed by atoms with van der Waals surface area (Å²) >= 11 is 0. The molecule has 3 N–H and O–H groups in total. The molecule has 0 aliphatic rings. The maximum absolute atomic E-state index is 12.4. The van der Waals surface area contributed by atoms with Crippen molar-refractivity contribution in [2.45, 2.75) is 12.7 Å². The lowest BCUT2D eigenvalue weighted by molar-refractivity contribution is -0.137. The van der Waals surface area contributed by atoms with Gasteiger partial charge < -0.3 is 11.1 Å². The summed E-state index contributed by atoms with van der Waals surface area (Å²) in [5, 5.41) is 2.51. The van der Waals surface area contributed by atoms with Crippen LogP contribution in [0, 0.1) is 0 Å². The Morgan fingerprint density at radius 3 is 2.33 bits per heavy atom. The number of benzene rings is 1. The molecule has 0 fully saturated rings. The molecule has 2 aromatic rings. The van der Waals surface area contributed by atoms with Crippen LogP contribution in [0.15, 0.2) is 36.7 Å². The summed E-state index contributed by atoms with van der Waals surface area (Å²) in [6.07, 6.45) is -1.71. The van der Waals surface area contributed by atoms with E-state index in [-0.39, 0.29) is 18.1 Å². The largest absolute Gasteiger partial charge is 0.416 e. The van der Waals surface area contributed by atoms with Crippen LogP contribution in [0.5, 0.6) is 0 Å². The zero-order chi connectivity index (χ0) is 15.5. The number of amides is 1. The lowest BCUT2D eigenvalue weighted by Gasteiger charge is -2.09. The number of nitrogen functional groups attached to an aromatic ring is 1. The van der Waals surface area contributed by atoms with Crippen molar-refractivity contribution in [2.24, 2.45) is 0 Å². The number of rotatable bonds is 3. The van der Waals surface area contributed by atoms with Gasteiger partial charge in [0.05, 0.1) is 5.56 Å². The quantitative estimate of drug-likeness (QED) is 0.908. The molecule has 1 heterocycles. The van der Waals surface area contributed by atoms with E-state index >= 15 is 0 Å². The first-order valence-electron chi connectivity index (χ1n) is 5.89. The molecule has 110 valence electrons. The summed E-state index contributed by atoms with van der Waals surface area (Å²) in [6, 6.07) is 4.50. The number of nitrogens with zero attached hydrogens (tertiary/aromatic N) is 2. The number of nitrogens with one attached hydrogen (secondary N) is 1. The van der Waals surface area contributed by atoms with Gasteiger partial charge in [-0.2, -0.15) is 13.2 Å². The summed E-state index contributed by atoms with van der Waals surface area (Å²) in [4.78, 5) is 19.3. The van der Waals surface area contributed by atoms with Crippen LogP contribution in [-0.2, 0) is 12.7 Å². The molecule has 21 heavy (non-hydrogen) atoms. The summed E-state index contributed by atoms with van der Waals surface area (Å²) in [7, 11) is 0. The number of hydrogen-bond donors (Lipinski definition) is 2. The van der Waals surface area contributed by atoms with E-state index in [0.29, 0.717) is 5.56 Å². The Morgan fingerprint density at radius 2 is 1.76 bits per heavy atom. The first-order valence-corrected chi connectivity index (χ1v) is 5.89. The Balaban J connectivity index is 2.00. The summed E-state index contributed by atoms with van der Waals surface area (Å²) < 4.78 is 37.2. The summed E-state index contributed by atoms with van der Waals surface area (Å²) in [5.74, 6) is -0.553. The molecule has 0 spiro atoms. The van der Waals surface area contributed by atoms with Gasteiger partial charge in [-0.05, 0) is 17.7 Å². The van der Waals surface area contributed by atoms with Crippen molar-refractivity contribution in [2.75, 3.05) is 5.73 Å². The minimum atomic E-state index is -4.38. The third-order valence-electron chi connectivity index (χ3n) is 2.68. The topological polar surface area (TPSA) is 80.9 Å². The molecule has 8 heteroatoms. The van der Waals surface area contributed by atoms with Gasteiger partial charge in [0.15, 0.2) is 11.5 Å². The van der Waals surface area contributed by atoms with Gasteiger partial charge in [0.1, 0.15) is 0 Å². The van der Waals surface area contributed by atoms with Crippen molar-refractivity contribution in [3.63, 3.8) is 0 Å². The molecule has 0 saturated heterocycles. The average Bonchev–Trinajstić information content (AvgIpc) is 2.45. The van der Waals surface area contributed by atoms with Crippen LogP contribution in [0.25, 0.3) is 0 Å². The fraction of sp³-hybridized carbons (Fsp3) is 0.154. The standard InChI is InChI=1S/C13H11F3N4O/c14-13(15,16)9-3-1-8(2-4-9)7-20-12(21)10-11(17)19-6-5-18-10/h1-6H,7H2,(H2,17,19)(H,20,21). The first kappa shape index (κ1) is 14.8. The van der Waals surface area contributed by atoms with Gasteiger partial charge in [-0.1, -0.05) is 12.1 Å². The van der Waals surface area contributed by atoms with E-state index < -0.39 is 17.6 Å². The fourth-order valence-electron chi connectivity index (χ4n) is 1.60. The SMILES string of the molecule is Nc1nccnc1C(=O)NCc1ccc(C(F)(F)F)cc1. The van der Waals surface area contributed by atoms with Crippen LogP contribution in [0.2, 0.25) is 0 Å². The molecule has 0 saturated carbocycles. The smallest absolute Gasteiger partial charge is 0.382 e. The minimum absolute atomic E-state index is 0.0116. The molecule has 0 unspecified atom stereocenters. The van der Waals surface area contributed by atoms with Gasteiger partial charge >= 0.3 is 6.18 Å². The third kappa shape index (κ3) is 3.68. The van der Waals surface area contributed by atoms with Gasteiger partial charge in [-0.25, -0.2) is 9.97 Å². The molecule has 0 aliphatic carbocycles. The van der Waals surface area contributed by atoms with Gasteiger partial charge in [0.2, 0.25) is 0 Å². The number of carbonyl (C=O) groups excluding carboxylic acids is 1. The van der Waals surface area contributed by atoms with Gasteiger partial charge in [-0.3, -0.25) is 4.79 Å². The van der Waals surface area contributed by atoms with Crippen LogP contribution in [0.4, 0.5) is 19.0 Å². The molecule has 1 amide bonds. The van der Waals surface area contributed by atoms with E-state index in [0.717, 1.165) is 12.1 Å². The predicted molar refractivity (Wildman–Crippen MR) is 69.1 cm³/mol. The normalized spacial score (nSPS) is 11.2. The number of alkyl halides is 3. The molecule has 0 atom stereocenters. The number of anilines is 1. The van der Waals surface area contributed by atoms with E-state index in [9.17, 15) is 18.0 Å². The molecule has 1 aromatic heterocycles. The Kier molecular flexibility index (Phi) is 4.06. The van der Waals surface area contributed by atoms with Crippen LogP contribution < -0.4 is 11.1 Å². The fourth-order valence-corrected chi connectivity index (χ4v) is 1.60. The number of hydrogen-bond acceptors (Lipinski definition) is 4. The molecular formula is C13H11F3N4O. The number of carbonyl (C=O) groups is 1. The van der Waals surface area contributed by atoms with Crippen molar-refractivity contribution in [1.29, 1.82) is 0 Å². The van der Waals surface area contributed by atoms with Crippen LogP contribution >= 0.6 is 0 Å². The van der Waals surface area contributed by atoms with E-state index in [2.05, 4.69) is 15.3 Å². The lowest BCUT2D eigenvalue weighted by Crippen LogP contribution is -2.25. The minimum Gasteiger partial charge on any atom is -0.382 e. The van der Waals surface area contributed by atoms with Crippen molar-refractivity contribution < 1.29 is 18.0 Å². The zero-order valence-electron chi connectivity index (χ0n) is 10.7. The van der Waals surface area contributed by atoms with Crippen molar-refractivity contribution in [1.82, 2.24) is 15.3 Å². The Bertz CT molecular complexity index is 641. The Hall–Kier alpha value is -2.64. The highest BCUT2D eigenvalue weighted by molar-refractivity contribution is 5.96. The van der Waals surface area contributed by atoms with E-state index in [4.69, 9.17) is 5.73 Å². The average molecular weight is 296 g/mol. The number of aromatic nitrogens is 2. The maximum atomic E-state index is 12.4. The van der Waals surface area contributed by atoms with E-state index in [1.807, 2.05) is 0 Å². The first-order chi connectivity index (χ1) is 9.88. The summed E-state index contributed by atoms with van der Waals surface area (Å²) in [5.41, 5.74) is 5.26. The van der Waals surface area contributed by atoms with Crippen molar-refractivity contribution in [3.05, 3.63) is 53.5 Å². The highest BCUT2D eigenvalue weighted by Crippen LogP contribution is 2.29. The second kappa shape index (κ2) is 5.78. The highest BCUT2D eigenvalue weighted by atomic mass is 19.4. The summed E-state index contributed by atoms with van der Waals surface area (Å²) in [6.45, 7) is 0.0625. The van der Waals surface area contributed by atoms with Crippen LogP contribution in [0.3, 0.4) is 0 Å². The van der Waals surface area contributed by atoms with E-state index in [1.165, 1.54) is 24.5 Å². The van der Waals surface area contributed by atoms with Crippen LogP contribution in [0.1, 0.15) is 21.6 Å². The highest BCUT2D eigenvalue weighted by Gasteiger charge is 2.29. The van der Waals surface area contributed by atoms with Crippen molar-refractivity contribution >= 4 is 11.7 Å². The molecule has 0 radical (unpaired) electrons. The van der Waals surface area contributed by atoms with Gasteiger partial charge in [-0.15, -0.1) is 0 Å². The molecule has 2 rings (SSSR count). The lowest BCUT2D eigenvalue weighted by atomic mass is 10.1. The monoisotopic (exact) mass is 296 g/mol. The molecule has 0 bridgehead atoms. The van der Waals surface area contributed by atoms with Crippen molar-refractivity contribution in [3.8, 4) is 0 Å². The number of halogens is 3. The van der Waals surface area contributed by atoms with Gasteiger partial charge in [0, 0.05) is 18.9 Å².